The highest BCUT2D eigenvalue weighted by Crippen LogP contribution is 2.32. The van der Waals surface area contributed by atoms with Crippen LogP contribution in [0.1, 0.15) is 11.1 Å². The maximum atomic E-state index is 9.66. The van der Waals surface area contributed by atoms with Crippen molar-refractivity contribution in [3.8, 4) is 5.75 Å². The lowest BCUT2D eigenvalue weighted by molar-refractivity contribution is 0.336. The number of benzene rings is 1. The zero-order valence-corrected chi connectivity index (χ0v) is 7.69. The number of hydrogen-bond acceptors (Lipinski definition) is 3. The van der Waals surface area contributed by atoms with Crippen LogP contribution in [0.5, 0.6) is 5.75 Å². The summed E-state index contributed by atoms with van der Waals surface area (Å²) >= 11 is 0. The van der Waals surface area contributed by atoms with E-state index >= 15 is 0 Å². The number of nitrogens with zero attached hydrogens (tertiary/aromatic N) is 2. The topological polar surface area (TPSA) is 57.6 Å². The van der Waals surface area contributed by atoms with Crippen LogP contribution < -0.4 is 4.74 Å². The van der Waals surface area contributed by atoms with Crippen LogP contribution in [0.25, 0.3) is 10.7 Å². The summed E-state index contributed by atoms with van der Waals surface area (Å²) in [5.41, 5.74) is 1.77. The van der Waals surface area contributed by atoms with E-state index in [0.29, 0.717) is 11.3 Å². The van der Waals surface area contributed by atoms with Gasteiger partial charge in [0.15, 0.2) is 11.6 Å². The summed E-state index contributed by atoms with van der Waals surface area (Å²) in [7, 11) is 0. The molecule has 0 spiro atoms. The molecule has 0 amide bonds. The minimum atomic E-state index is -0.0197. The van der Waals surface area contributed by atoms with Crippen molar-refractivity contribution < 1.29 is 9.84 Å². The molecule has 2 rings (SSSR count). The van der Waals surface area contributed by atoms with Gasteiger partial charge in [-0.1, -0.05) is 6.07 Å². The van der Waals surface area contributed by atoms with Crippen LogP contribution in [-0.2, 0) is 0 Å². The minimum absolute atomic E-state index is 0.0197. The fourth-order valence-corrected chi connectivity index (χ4v) is 1.39. The van der Waals surface area contributed by atoms with Crippen molar-refractivity contribution in [1.29, 1.82) is 5.39 Å². The first kappa shape index (κ1) is 8.57. The highest BCUT2D eigenvalue weighted by atomic mass is 16.5. The predicted molar refractivity (Wildman–Crippen MR) is 51.3 cm³/mol. The van der Waals surface area contributed by atoms with E-state index < -0.39 is 0 Å². The molecule has 1 N–H and O–H groups in total. The molecule has 0 unspecified atom stereocenters. The number of hydrogen-bond donors (Lipinski definition) is 1. The Morgan fingerprint density at radius 3 is 3.00 bits per heavy atom. The van der Waals surface area contributed by atoms with Gasteiger partial charge in [0.05, 0.1) is 5.56 Å². The molecule has 1 aliphatic rings. The number of aliphatic hydroxyl groups is 1. The first-order valence-corrected chi connectivity index (χ1v) is 4.23. The van der Waals surface area contributed by atoms with Crippen LogP contribution in [0.15, 0.2) is 23.9 Å². The molecular formula is C10H9N2O2+. The van der Waals surface area contributed by atoms with Crippen molar-refractivity contribution in [3.05, 3.63) is 40.0 Å². The molecule has 1 aromatic rings. The zero-order chi connectivity index (χ0) is 10.1. The predicted octanol–water partition coefficient (Wildman–Crippen LogP) is 2.47. The first-order valence-electron chi connectivity index (χ1n) is 4.23. The maximum Gasteiger partial charge on any atom is 0.440 e. The molecule has 0 saturated carbocycles. The van der Waals surface area contributed by atoms with Crippen LogP contribution in [0.2, 0.25) is 0 Å². The summed E-state index contributed by atoms with van der Waals surface area (Å²) in [6.45, 7) is 2.04. The average Bonchev–Trinajstić information content (AvgIpc) is 2.18. The first-order chi connectivity index (χ1) is 6.72. The molecular weight excluding hydrogens is 180 g/mol. The van der Waals surface area contributed by atoms with Gasteiger partial charge in [-0.2, -0.15) is 0 Å². The van der Waals surface area contributed by atoms with Gasteiger partial charge in [0.2, 0.25) is 11.2 Å². The third-order valence-corrected chi connectivity index (χ3v) is 2.15. The quantitative estimate of drug-likeness (QED) is 0.638. The average molecular weight is 189 g/mol. The third kappa shape index (κ3) is 1.19. The van der Waals surface area contributed by atoms with Gasteiger partial charge < -0.3 is 9.84 Å². The van der Waals surface area contributed by atoms with Gasteiger partial charge in [0.25, 0.3) is 0 Å². The Morgan fingerprint density at radius 1 is 1.50 bits per heavy atom. The fraction of sp³-hybridized carbons (Fsp3) is 0.200. The van der Waals surface area contributed by atoms with Gasteiger partial charge in [-0.25, -0.2) is 0 Å². The lowest BCUT2D eigenvalue weighted by atomic mass is 10.1. The smallest absolute Gasteiger partial charge is 0.440 e. The number of aryl methyl sites for hydroxylation is 1. The highest BCUT2D eigenvalue weighted by molar-refractivity contribution is 5.70. The lowest BCUT2D eigenvalue weighted by Gasteiger charge is -2.12. The maximum absolute atomic E-state index is 9.66. The highest BCUT2D eigenvalue weighted by Gasteiger charge is 2.28. The minimum Gasteiger partial charge on any atom is -0.501 e. The van der Waals surface area contributed by atoms with Gasteiger partial charge in [-0.05, 0) is 24.6 Å². The molecule has 0 bridgehead atoms. The van der Waals surface area contributed by atoms with Crippen molar-refractivity contribution in [2.75, 3.05) is 6.61 Å². The summed E-state index contributed by atoms with van der Waals surface area (Å²) in [6.07, 6.45) is 0. The van der Waals surface area contributed by atoms with E-state index in [0.717, 1.165) is 5.56 Å². The van der Waals surface area contributed by atoms with Crippen molar-refractivity contribution >= 4 is 5.76 Å². The number of diazo groups is 1. The van der Waals surface area contributed by atoms with E-state index in [1.807, 2.05) is 19.1 Å². The van der Waals surface area contributed by atoms with E-state index in [-0.39, 0.29) is 18.1 Å². The SMILES string of the molecule is Cc1ccc2c(c1)OCC([N+]#N)=C2O. The van der Waals surface area contributed by atoms with Gasteiger partial charge in [-0.3, -0.25) is 0 Å². The Morgan fingerprint density at radius 2 is 2.29 bits per heavy atom. The van der Waals surface area contributed by atoms with E-state index in [9.17, 15) is 5.11 Å². The fourth-order valence-electron chi connectivity index (χ4n) is 1.39. The molecule has 0 aromatic heterocycles. The van der Waals surface area contributed by atoms with Gasteiger partial charge in [0, 0.05) is 0 Å². The molecule has 70 valence electrons. The van der Waals surface area contributed by atoms with Gasteiger partial charge >= 0.3 is 5.70 Å². The van der Waals surface area contributed by atoms with Crippen LogP contribution in [0, 0.1) is 12.3 Å². The van der Waals surface area contributed by atoms with E-state index in [1.165, 1.54) is 0 Å². The number of rotatable bonds is 0. The standard InChI is InChI=1S/C10H8N2O2/c1-6-2-3-7-9(4-6)14-5-8(12-11)10(7)13/h2-4H,5H2,1H3/p+1. The molecule has 1 aromatic carbocycles. The van der Waals surface area contributed by atoms with Crippen LogP contribution in [-0.4, -0.2) is 11.7 Å². The molecule has 0 radical (unpaired) electrons. The van der Waals surface area contributed by atoms with E-state index in [2.05, 4.69) is 4.98 Å². The summed E-state index contributed by atoms with van der Waals surface area (Å²) in [4.78, 5) is 2.95. The molecule has 0 fully saturated rings. The number of ether oxygens (including phenoxy) is 1. The van der Waals surface area contributed by atoms with Crippen molar-refractivity contribution in [2.24, 2.45) is 0 Å². The van der Waals surface area contributed by atoms with E-state index in [4.69, 9.17) is 10.1 Å². The molecule has 14 heavy (non-hydrogen) atoms. The summed E-state index contributed by atoms with van der Waals surface area (Å²) in [5.74, 6) is 0.601. The molecule has 4 nitrogen and oxygen atoms in total. The van der Waals surface area contributed by atoms with Crippen molar-refractivity contribution in [3.63, 3.8) is 0 Å². The zero-order valence-electron chi connectivity index (χ0n) is 7.69. The van der Waals surface area contributed by atoms with Gasteiger partial charge in [0.1, 0.15) is 5.75 Å². The molecule has 0 saturated heterocycles. The Hall–Kier alpha value is -2.02. The third-order valence-electron chi connectivity index (χ3n) is 2.15. The summed E-state index contributed by atoms with van der Waals surface area (Å²) in [6, 6.07) is 5.43. The second kappa shape index (κ2) is 3.04. The van der Waals surface area contributed by atoms with Gasteiger partial charge in [-0.15, -0.1) is 0 Å². The summed E-state index contributed by atoms with van der Waals surface area (Å²) < 4.78 is 5.31. The molecule has 4 heteroatoms. The second-order valence-electron chi connectivity index (χ2n) is 3.18. The summed E-state index contributed by atoms with van der Waals surface area (Å²) in [5, 5.41) is 18.2. The second-order valence-corrected chi connectivity index (χ2v) is 3.18. The Kier molecular flexibility index (Phi) is 1.86. The molecule has 1 aliphatic heterocycles. The Balaban J connectivity index is 2.59. The Bertz CT molecular complexity index is 458. The molecule has 0 aliphatic carbocycles. The normalized spacial score (nSPS) is 14.3. The lowest BCUT2D eigenvalue weighted by Crippen LogP contribution is -2.09. The molecule has 0 atom stereocenters. The van der Waals surface area contributed by atoms with Crippen LogP contribution in [0.4, 0.5) is 0 Å². The van der Waals surface area contributed by atoms with E-state index in [1.54, 1.807) is 6.07 Å². The largest absolute Gasteiger partial charge is 0.501 e. The number of fused-ring (bicyclic) bond motifs is 1. The monoisotopic (exact) mass is 189 g/mol. The van der Waals surface area contributed by atoms with Crippen LogP contribution in [0.3, 0.4) is 0 Å². The van der Waals surface area contributed by atoms with Crippen molar-refractivity contribution in [2.45, 2.75) is 6.92 Å². The van der Waals surface area contributed by atoms with Crippen LogP contribution >= 0.6 is 0 Å². The van der Waals surface area contributed by atoms with Crippen molar-refractivity contribution in [1.82, 2.24) is 0 Å². The molecule has 1 heterocycles. The number of aliphatic hydroxyl groups excluding tert-OH is 1. The Labute approximate surface area is 81.1 Å².